The average Bonchev–Trinajstić information content (AvgIpc) is 3.74. The lowest BCUT2D eigenvalue weighted by molar-refractivity contribution is -0.142. The average molecular weight is 896 g/mol. The molecule has 2 aromatic carbocycles. The molecule has 2 aromatic rings. The molecule has 12 N–H and O–H groups in total. The van der Waals surface area contributed by atoms with Crippen molar-refractivity contribution in [2.45, 2.75) is 115 Å². The van der Waals surface area contributed by atoms with Crippen LogP contribution < -0.4 is 43.0 Å². The highest BCUT2D eigenvalue weighted by molar-refractivity contribution is 5.97. The molecular formula is C43H61N9O12. The van der Waals surface area contributed by atoms with E-state index in [1.54, 1.807) is 44.2 Å². The van der Waals surface area contributed by atoms with Crippen LogP contribution in [0.3, 0.4) is 0 Å². The Bertz CT molecular complexity index is 1960. The summed E-state index contributed by atoms with van der Waals surface area (Å²) in [6.07, 6.45) is 0.734. The summed E-state index contributed by atoms with van der Waals surface area (Å²) >= 11 is 0. The number of aliphatic hydroxyl groups is 1. The summed E-state index contributed by atoms with van der Waals surface area (Å²) in [6, 6.07) is 5.08. The fraction of sp³-hybridized carbons (Fsp3) is 0.512. The Hall–Kier alpha value is -6.61. The van der Waals surface area contributed by atoms with E-state index in [9.17, 15) is 58.5 Å². The number of hydrogen-bond acceptors (Lipinski definition) is 12. The van der Waals surface area contributed by atoms with Crippen LogP contribution in [0.25, 0.3) is 0 Å². The molecule has 8 atom stereocenters. The Balaban J connectivity index is 1.58. The summed E-state index contributed by atoms with van der Waals surface area (Å²) in [5.74, 6) is -7.43. The topological polar surface area (TPSA) is 328 Å². The third kappa shape index (κ3) is 16.3. The SMILES string of the molecule is CC(C)C[C@H](NC(=O)[C@H](CO)NC(=O)[C@H](C)NC(=O)CNC(=O)[C@@H]1CCCN1C(=O)[C@H](Cc1ccccc1)NC(=O)[C@H](C)NC(=O)[C@H](C)N)C(=O)N[C@@H](Cc1ccc(O)cc1)C(=O)O. The third-order valence-corrected chi connectivity index (χ3v) is 10.2. The molecule has 1 aliphatic rings. The van der Waals surface area contributed by atoms with Gasteiger partial charge in [-0.3, -0.25) is 38.4 Å². The molecule has 0 saturated carbocycles. The maximum absolute atomic E-state index is 14.0. The second kappa shape index (κ2) is 24.9. The van der Waals surface area contributed by atoms with Crippen LogP contribution in [0.15, 0.2) is 54.6 Å². The number of carbonyl (C=O) groups is 9. The highest BCUT2D eigenvalue weighted by atomic mass is 16.4. The zero-order valence-electron chi connectivity index (χ0n) is 36.6. The van der Waals surface area contributed by atoms with Gasteiger partial charge in [0.05, 0.1) is 19.2 Å². The largest absolute Gasteiger partial charge is 0.508 e. The van der Waals surface area contributed by atoms with E-state index in [2.05, 4.69) is 37.2 Å². The number of hydrogen-bond donors (Lipinski definition) is 11. The number of carbonyl (C=O) groups excluding carboxylic acids is 8. The van der Waals surface area contributed by atoms with Crippen LogP contribution >= 0.6 is 0 Å². The van der Waals surface area contributed by atoms with Crippen molar-refractivity contribution >= 4 is 53.2 Å². The lowest BCUT2D eigenvalue weighted by Crippen LogP contribution is -2.59. The van der Waals surface area contributed by atoms with Crippen molar-refractivity contribution in [2.24, 2.45) is 11.7 Å². The number of rotatable bonds is 23. The van der Waals surface area contributed by atoms with Crippen molar-refractivity contribution in [3.63, 3.8) is 0 Å². The van der Waals surface area contributed by atoms with Gasteiger partial charge in [0.25, 0.3) is 0 Å². The van der Waals surface area contributed by atoms with E-state index in [1.807, 2.05) is 0 Å². The molecule has 8 amide bonds. The molecule has 1 saturated heterocycles. The van der Waals surface area contributed by atoms with Gasteiger partial charge in [0.2, 0.25) is 47.3 Å². The Morgan fingerprint density at radius 1 is 0.672 bits per heavy atom. The fourth-order valence-electron chi connectivity index (χ4n) is 6.71. The van der Waals surface area contributed by atoms with E-state index in [1.165, 1.54) is 49.9 Å². The van der Waals surface area contributed by atoms with Crippen LogP contribution in [-0.2, 0) is 56.0 Å². The molecule has 0 radical (unpaired) electrons. The first-order valence-corrected chi connectivity index (χ1v) is 21.0. The first-order valence-electron chi connectivity index (χ1n) is 21.0. The van der Waals surface area contributed by atoms with Crippen molar-refractivity contribution in [2.75, 3.05) is 19.7 Å². The number of aliphatic hydroxyl groups excluding tert-OH is 1. The molecule has 1 heterocycles. The van der Waals surface area contributed by atoms with E-state index in [0.29, 0.717) is 12.0 Å². The quantitative estimate of drug-likeness (QED) is 0.0560. The van der Waals surface area contributed by atoms with Crippen molar-refractivity contribution < 1.29 is 58.5 Å². The van der Waals surface area contributed by atoms with Gasteiger partial charge in [-0.15, -0.1) is 0 Å². The van der Waals surface area contributed by atoms with Gasteiger partial charge in [-0.05, 0) is 69.2 Å². The number of likely N-dealkylation sites (tertiary alicyclic amines) is 1. The van der Waals surface area contributed by atoms with Crippen LogP contribution in [0.4, 0.5) is 0 Å². The van der Waals surface area contributed by atoms with E-state index >= 15 is 0 Å². The fourth-order valence-corrected chi connectivity index (χ4v) is 6.71. The van der Waals surface area contributed by atoms with Gasteiger partial charge < -0.3 is 63.2 Å². The van der Waals surface area contributed by atoms with Crippen molar-refractivity contribution in [3.8, 4) is 5.75 Å². The molecule has 1 aliphatic heterocycles. The predicted molar refractivity (Wildman–Crippen MR) is 230 cm³/mol. The van der Waals surface area contributed by atoms with Crippen LogP contribution in [-0.4, -0.2) is 141 Å². The molecule has 350 valence electrons. The number of benzene rings is 2. The molecule has 21 heteroatoms. The van der Waals surface area contributed by atoms with Gasteiger partial charge in [0.1, 0.15) is 48.0 Å². The molecular weight excluding hydrogens is 835 g/mol. The van der Waals surface area contributed by atoms with Crippen LogP contribution in [0.2, 0.25) is 0 Å². The minimum Gasteiger partial charge on any atom is -0.508 e. The normalized spacial score (nSPS) is 16.7. The third-order valence-electron chi connectivity index (χ3n) is 10.2. The molecule has 64 heavy (non-hydrogen) atoms. The highest BCUT2D eigenvalue weighted by Gasteiger charge is 2.39. The number of aromatic hydroxyl groups is 1. The van der Waals surface area contributed by atoms with Crippen LogP contribution in [0, 0.1) is 5.92 Å². The highest BCUT2D eigenvalue weighted by Crippen LogP contribution is 2.20. The van der Waals surface area contributed by atoms with Gasteiger partial charge in [-0.1, -0.05) is 56.3 Å². The molecule has 0 spiro atoms. The van der Waals surface area contributed by atoms with Crippen LogP contribution in [0.1, 0.15) is 65.0 Å². The minimum absolute atomic E-state index is 0.0252. The van der Waals surface area contributed by atoms with Gasteiger partial charge in [-0.2, -0.15) is 0 Å². The molecule has 3 rings (SSSR count). The maximum Gasteiger partial charge on any atom is 0.326 e. The first-order chi connectivity index (χ1) is 30.2. The Labute approximate surface area is 371 Å². The molecule has 0 bridgehead atoms. The minimum atomic E-state index is -1.58. The van der Waals surface area contributed by atoms with Gasteiger partial charge in [-0.25, -0.2) is 4.79 Å². The zero-order chi connectivity index (χ0) is 47.7. The number of amides is 8. The monoisotopic (exact) mass is 895 g/mol. The lowest BCUT2D eigenvalue weighted by atomic mass is 10.0. The summed E-state index contributed by atoms with van der Waals surface area (Å²) in [5, 5.41) is 46.5. The number of phenols is 1. The Morgan fingerprint density at radius 2 is 1.20 bits per heavy atom. The van der Waals surface area contributed by atoms with Crippen LogP contribution in [0.5, 0.6) is 5.75 Å². The summed E-state index contributed by atoms with van der Waals surface area (Å²) in [5.41, 5.74) is 6.84. The van der Waals surface area contributed by atoms with Crippen molar-refractivity contribution in [1.29, 1.82) is 0 Å². The number of carboxylic acid groups (broad SMARTS) is 1. The van der Waals surface area contributed by atoms with Crippen molar-refractivity contribution in [1.82, 2.24) is 42.1 Å². The van der Waals surface area contributed by atoms with Gasteiger partial charge >= 0.3 is 5.97 Å². The second-order valence-corrected chi connectivity index (χ2v) is 16.2. The number of nitrogens with zero attached hydrogens (tertiary/aromatic N) is 1. The Morgan fingerprint density at radius 3 is 1.78 bits per heavy atom. The molecule has 0 aliphatic carbocycles. The molecule has 1 fully saturated rings. The standard InChI is InChI=1S/C43H61N9O12/c1-23(2)18-30(39(59)50-32(43(63)64)20-28-13-15-29(54)16-14-28)48-40(60)33(22-53)51-37(57)25(4)46-35(55)21-45-41(61)34-12-9-17-52(34)42(62)31(19-27-10-7-6-8-11-27)49-38(58)26(5)47-36(56)24(3)44/h6-8,10-11,13-16,23-26,30-34,53-54H,9,12,17-22,44H2,1-5H3,(H,45,61)(H,46,55)(H,47,56)(H,48,60)(H,49,58)(H,50,59)(H,51,57)(H,63,64)/t24-,25-,26-,30-,31-,32-,33-,34-/m0/s1. The molecule has 0 unspecified atom stereocenters. The first kappa shape index (κ1) is 51.7. The summed E-state index contributed by atoms with van der Waals surface area (Å²) in [4.78, 5) is 118. The van der Waals surface area contributed by atoms with E-state index in [-0.39, 0.29) is 43.9 Å². The Kier molecular flexibility index (Phi) is 20.1. The smallest absolute Gasteiger partial charge is 0.326 e. The van der Waals surface area contributed by atoms with E-state index < -0.39 is 115 Å². The summed E-state index contributed by atoms with van der Waals surface area (Å²) in [6.45, 7) is 6.40. The molecule has 0 aromatic heterocycles. The predicted octanol–water partition coefficient (Wildman–Crippen LogP) is -2.30. The summed E-state index contributed by atoms with van der Waals surface area (Å²) < 4.78 is 0. The number of nitrogens with two attached hydrogens (primary N) is 1. The number of carboxylic acids is 1. The maximum atomic E-state index is 14.0. The zero-order valence-corrected chi connectivity index (χ0v) is 36.6. The van der Waals surface area contributed by atoms with Gasteiger partial charge in [0, 0.05) is 19.4 Å². The number of phenolic OH excluding ortho intramolecular Hbond substituents is 1. The number of nitrogens with one attached hydrogen (secondary N) is 7. The van der Waals surface area contributed by atoms with Gasteiger partial charge in [0.15, 0.2) is 0 Å². The number of aliphatic carboxylic acids is 1. The van der Waals surface area contributed by atoms with Crippen molar-refractivity contribution in [3.05, 3.63) is 65.7 Å². The second-order valence-electron chi connectivity index (χ2n) is 16.2. The lowest BCUT2D eigenvalue weighted by Gasteiger charge is -2.29. The van der Waals surface area contributed by atoms with E-state index in [0.717, 1.165) is 5.56 Å². The summed E-state index contributed by atoms with van der Waals surface area (Å²) in [7, 11) is 0. The van der Waals surface area contributed by atoms with E-state index in [4.69, 9.17) is 5.73 Å². The molecule has 21 nitrogen and oxygen atoms in total.